The molecular weight excluding hydrogens is 571 g/mol. The maximum atomic E-state index is 13.6. The zero-order valence-corrected chi connectivity index (χ0v) is 23.9. The third kappa shape index (κ3) is 4.13. The molecule has 1 atom stereocenters. The van der Waals surface area contributed by atoms with Gasteiger partial charge < -0.3 is 14.2 Å². The summed E-state index contributed by atoms with van der Waals surface area (Å²) < 4.78 is 8.22. The average molecular weight is 593 g/mol. The molecule has 6 rings (SSSR count). The lowest BCUT2D eigenvalue weighted by Gasteiger charge is -2.23. The smallest absolute Gasteiger partial charge is 0.301 e. The fraction of sp³-hybridized carbons (Fsp3) is 0.172. The van der Waals surface area contributed by atoms with Gasteiger partial charge in [-0.2, -0.15) is 0 Å². The van der Waals surface area contributed by atoms with Gasteiger partial charge in [-0.3, -0.25) is 14.5 Å². The summed E-state index contributed by atoms with van der Waals surface area (Å²) in [6.45, 7) is 6.10. The molecule has 0 aliphatic carbocycles. The van der Waals surface area contributed by atoms with Gasteiger partial charge in [0.05, 0.1) is 44.2 Å². The maximum Gasteiger partial charge on any atom is 0.301 e. The first-order valence-corrected chi connectivity index (χ1v) is 14.0. The Morgan fingerprint density at radius 1 is 1.07 bits per heavy atom. The van der Waals surface area contributed by atoms with Crippen molar-refractivity contribution >= 4 is 73.0 Å². The molecule has 1 saturated heterocycles. The number of aromatic nitrogens is 3. The predicted octanol–water partition coefficient (Wildman–Crippen LogP) is 6.89. The summed E-state index contributed by atoms with van der Waals surface area (Å²) in [5, 5.41) is 12.5. The van der Waals surface area contributed by atoms with Crippen LogP contribution in [-0.2, 0) is 9.59 Å². The molecule has 202 valence electrons. The number of ether oxygens (including phenoxy) is 1. The number of Topliss-reactive ketones (excluding diaryl/α,β-unsaturated/α-hetero) is 1. The van der Waals surface area contributed by atoms with Crippen LogP contribution in [0, 0.1) is 13.8 Å². The van der Waals surface area contributed by atoms with Crippen LogP contribution in [0.3, 0.4) is 0 Å². The number of benzene rings is 2. The number of ketones is 1. The fourth-order valence-electron chi connectivity index (χ4n) is 4.95. The number of carbonyl (C=O) groups is 2. The Kier molecular flexibility index (Phi) is 6.53. The standard InChI is InChI=1S/C29H22Cl2N4O4S/c1-4-39-17-8-10-20-21(13-17)40-29(32-20)35-24(16-7-9-18(30)19(31)12-16)22(26(37)28(35)38)25(36)23-15(3)34-11-5-6-14(2)27(34)33-23/h5-13,24,36H,4H2,1-3H3. The first kappa shape index (κ1) is 26.3. The molecule has 3 aromatic heterocycles. The Bertz CT molecular complexity index is 1890. The summed E-state index contributed by atoms with van der Waals surface area (Å²) >= 11 is 13.8. The van der Waals surface area contributed by atoms with Gasteiger partial charge in [0, 0.05) is 6.20 Å². The van der Waals surface area contributed by atoms with Crippen LogP contribution in [-0.4, -0.2) is 37.8 Å². The van der Waals surface area contributed by atoms with Gasteiger partial charge in [-0.1, -0.05) is 46.7 Å². The van der Waals surface area contributed by atoms with E-state index >= 15 is 0 Å². The number of imidazole rings is 1. The normalized spacial score (nSPS) is 16.9. The number of halogens is 2. The third-order valence-corrected chi connectivity index (χ3v) is 8.63. The van der Waals surface area contributed by atoms with E-state index in [2.05, 4.69) is 9.97 Å². The zero-order chi connectivity index (χ0) is 28.3. The number of amides is 1. The number of aliphatic hydroxyl groups excluding tert-OH is 1. The molecule has 5 aromatic rings. The van der Waals surface area contributed by atoms with Gasteiger partial charge in [-0.25, -0.2) is 9.97 Å². The Balaban J connectivity index is 1.58. The van der Waals surface area contributed by atoms with E-state index in [1.54, 1.807) is 37.3 Å². The minimum atomic E-state index is -1.02. The Morgan fingerprint density at radius 2 is 1.88 bits per heavy atom. The first-order valence-electron chi connectivity index (χ1n) is 12.4. The topological polar surface area (TPSA) is 97.0 Å². The lowest BCUT2D eigenvalue weighted by Crippen LogP contribution is -2.29. The van der Waals surface area contributed by atoms with E-state index in [1.807, 2.05) is 42.6 Å². The molecule has 4 heterocycles. The van der Waals surface area contributed by atoms with Crippen molar-refractivity contribution in [2.24, 2.45) is 0 Å². The number of aryl methyl sites for hydroxylation is 2. The quantitative estimate of drug-likeness (QED) is 0.135. The van der Waals surface area contributed by atoms with Gasteiger partial charge in [0.15, 0.2) is 10.9 Å². The van der Waals surface area contributed by atoms with Crippen molar-refractivity contribution in [3.8, 4) is 5.75 Å². The number of fused-ring (bicyclic) bond motifs is 2. The molecule has 0 bridgehead atoms. The second kappa shape index (κ2) is 9.92. The number of hydrogen-bond donors (Lipinski definition) is 1. The highest BCUT2D eigenvalue weighted by Crippen LogP contribution is 2.45. The summed E-state index contributed by atoms with van der Waals surface area (Å²) in [4.78, 5) is 37.9. The molecule has 11 heteroatoms. The van der Waals surface area contributed by atoms with Crippen LogP contribution in [0.15, 0.2) is 60.3 Å². The number of rotatable bonds is 5. The number of hydrogen-bond acceptors (Lipinski definition) is 7. The summed E-state index contributed by atoms with van der Waals surface area (Å²) in [6.07, 6.45) is 1.83. The summed E-state index contributed by atoms with van der Waals surface area (Å²) in [7, 11) is 0. The van der Waals surface area contributed by atoms with E-state index in [1.165, 1.54) is 16.2 Å². The highest BCUT2D eigenvalue weighted by molar-refractivity contribution is 7.22. The van der Waals surface area contributed by atoms with E-state index < -0.39 is 17.7 Å². The highest BCUT2D eigenvalue weighted by atomic mass is 35.5. The molecule has 1 fully saturated rings. The lowest BCUT2D eigenvalue weighted by atomic mass is 9.96. The molecule has 0 radical (unpaired) electrons. The molecule has 8 nitrogen and oxygen atoms in total. The molecule has 1 aliphatic rings. The Morgan fingerprint density at radius 3 is 2.60 bits per heavy atom. The highest BCUT2D eigenvalue weighted by Gasteiger charge is 2.48. The first-order chi connectivity index (χ1) is 19.2. The number of thiazole rings is 1. The average Bonchev–Trinajstić information content (AvgIpc) is 3.58. The van der Waals surface area contributed by atoms with Crippen LogP contribution in [0.25, 0.3) is 21.6 Å². The lowest BCUT2D eigenvalue weighted by molar-refractivity contribution is -0.132. The summed E-state index contributed by atoms with van der Waals surface area (Å²) in [6, 6.07) is 13.0. The van der Waals surface area contributed by atoms with E-state index in [0.29, 0.717) is 44.9 Å². The molecule has 1 N–H and O–H groups in total. The summed E-state index contributed by atoms with van der Waals surface area (Å²) in [5.41, 5.74) is 3.39. The zero-order valence-electron chi connectivity index (χ0n) is 21.6. The van der Waals surface area contributed by atoms with E-state index in [-0.39, 0.29) is 22.0 Å². The van der Waals surface area contributed by atoms with Crippen LogP contribution in [0.5, 0.6) is 5.75 Å². The number of anilines is 1. The second-order valence-corrected chi connectivity index (χ2v) is 11.2. The van der Waals surface area contributed by atoms with Gasteiger partial charge in [0.25, 0.3) is 5.78 Å². The van der Waals surface area contributed by atoms with Gasteiger partial charge >= 0.3 is 5.91 Å². The van der Waals surface area contributed by atoms with Crippen LogP contribution in [0.4, 0.5) is 5.13 Å². The van der Waals surface area contributed by atoms with Crippen molar-refractivity contribution in [3.63, 3.8) is 0 Å². The molecule has 2 aromatic carbocycles. The molecule has 40 heavy (non-hydrogen) atoms. The minimum absolute atomic E-state index is 0.109. The minimum Gasteiger partial charge on any atom is -0.505 e. The number of pyridine rings is 1. The monoisotopic (exact) mass is 592 g/mol. The second-order valence-electron chi connectivity index (χ2n) is 9.33. The maximum absolute atomic E-state index is 13.6. The largest absolute Gasteiger partial charge is 0.505 e. The molecule has 0 saturated carbocycles. The molecule has 1 aliphatic heterocycles. The Labute approximate surface area is 243 Å². The third-order valence-electron chi connectivity index (χ3n) is 6.88. The SMILES string of the molecule is CCOc1ccc2nc(N3C(=O)C(=O)C(=C(O)c4nc5c(C)cccn5c4C)C3c3ccc(Cl)c(Cl)c3)sc2c1. The van der Waals surface area contributed by atoms with Crippen LogP contribution < -0.4 is 9.64 Å². The van der Waals surface area contributed by atoms with Crippen molar-refractivity contribution in [1.29, 1.82) is 0 Å². The number of nitrogens with zero attached hydrogens (tertiary/aromatic N) is 4. The van der Waals surface area contributed by atoms with Crippen molar-refractivity contribution in [3.05, 3.63) is 92.9 Å². The van der Waals surface area contributed by atoms with E-state index in [0.717, 1.165) is 10.3 Å². The Hall–Kier alpha value is -3.92. The fourth-order valence-corrected chi connectivity index (χ4v) is 6.28. The molecule has 1 amide bonds. The molecular formula is C29H22Cl2N4O4S. The van der Waals surface area contributed by atoms with Crippen molar-refractivity contribution in [1.82, 2.24) is 14.4 Å². The van der Waals surface area contributed by atoms with Crippen molar-refractivity contribution in [2.75, 3.05) is 11.5 Å². The predicted molar refractivity (Wildman–Crippen MR) is 157 cm³/mol. The van der Waals surface area contributed by atoms with Crippen molar-refractivity contribution in [2.45, 2.75) is 26.8 Å². The van der Waals surface area contributed by atoms with Crippen LogP contribution in [0.2, 0.25) is 10.0 Å². The van der Waals surface area contributed by atoms with Gasteiger partial charge in [-0.15, -0.1) is 0 Å². The van der Waals surface area contributed by atoms with E-state index in [9.17, 15) is 14.7 Å². The van der Waals surface area contributed by atoms with Gasteiger partial charge in [-0.05, 0) is 68.3 Å². The molecule has 0 spiro atoms. The van der Waals surface area contributed by atoms with Crippen LogP contribution >= 0.6 is 34.5 Å². The number of carbonyl (C=O) groups excluding carboxylic acids is 2. The van der Waals surface area contributed by atoms with Crippen molar-refractivity contribution < 1.29 is 19.4 Å². The summed E-state index contributed by atoms with van der Waals surface area (Å²) in [5.74, 6) is -1.38. The van der Waals surface area contributed by atoms with Crippen LogP contribution in [0.1, 0.15) is 35.5 Å². The van der Waals surface area contributed by atoms with E-state index in [4.69, 9.17) is 27.9 Å². The number of aliphatic hydroxyl groups is 1. The van der Waals surface area contributed by atoms with Gasteiger partial charge in [0.2, 0.25) is 0 Å². The molecule has 1 unspecified atom stereocenters. The van der Waals surface area contributed by atoms with Gasteiger partial charge in [0.1, 0.15) is 17.1 Å².